The van der Waals surface area contributed by atoms with Gasteiger partial charge < -0.3 is 0 Å². The van der Waals surface area contributed by atoms with Crippen molar-refractivity contribution in [2.45, 2.75) is 110 Å². The summed E-state index contributed by atoms with van der Waals surface area (Å²) in [5, 5.41) is -0.372. The average Bonchev–Trinajstić information content (AvgIpc) is 2.65. The van der Waals surface area contributed by atoms with Crippen LogP contribution in [0, 0.1) is 5.92 Å². The molecule has 1 rings (SSSR count). The Hall–Kier alpha value is -0.820. The maximum atomic E-state index is 11.0. The second kappa shape index (κ2) is 16.2. The highest BCUT2D eigenvalue weighted by molar-refractivity contribution is 6.67. The zero-order chi connectivity index (χ0) is 19.7. The van der Waals surface area contributed by atoms with Gasteiger partial charge >= 0.3 is 0 Å². The van der Waals surface area contributed by atoms with Crippen molar-refractivity contribution in [3.63, 3.8) is 0 Å². The summed E-state index contributed by atoms with van der Waals surface area (Å²) in [6, 6.07) is 7.71. The van der Waals surface area contributed by atoms with Crippen LogP contribution >= 0.6 is 11.6 Å². The normalized spacial score (nSPS) is 11.3. The Kier molecular flexibility index (Phi) is 14.5. The van der Waals surface area contributed by atoms with Gasteiger partial charge in [-0.05, 0) is 48.1 Å². The lowest BCUT2D eigenvalue weighted by Crippen LogP contribution is -1.91. The highest BCUT2D eigenvalue weighted by Gasteiger charge is 2.01. The first kappa shape index (κ1) is 24.2. The third-order valence-electron chi connectivity index (χ3n) is 5.43. The number of rotatable bonds is 17. The molecule has 1 aromatic carbocycles. The molecule has 0 amide bonds. The maximum absolute atomic E-state index is 11.0. The van der Waals surface area contributed by atoms with Gasteiger partial charge in [-0.1, -0.05) is 109 Å². The predicted octanol–water partition coefficient (Wildman–Crippen LogP) is 8.73. The zero-order valence-corrected chi connectivity index (χ0v) is 18.5. The molecule has 2 heteroatoms. The van der Waals surface area contributed by atoms with E-state index in [0.717, 1.165) is 12.3 Å². The first-order chi connectivity index (χ1) is 13.1. The Balaban J connectivity index is 1.82. The Bertz CT molecular complexity index is 478. The summed E-state index contributed by atoms with van der Waals surface area (Å²) in [6.45, 7) is 4.65. The van der Waals surface area contributed by atoms with E-state index >= 15 is 0 Å². The number of aryl methyl sites for hydroxylation is 1. The molecule has 0 bridgehead atoms. The molecular formula is C25H41ClO. The summed E-state index contributed by atoms with van der Waals surface area (Å²) < 4.78 is 0. The first-order valence-corrected chi connectivity index (χ1v) is 11.8. The Morgan fingerprint density at radius 2 is 1.11 bits per heavy atom. The molecule has 0 aliphatic carbocycles. The molecule has 0 saturated heterocycles. The molecule has 0 spiro atoms. The van der Waals surface area contributed by atoms with E-state index in [1.165, 1.54) is 95.5 Å². The van der Waals surface area contributed by atoms with Crippen LogP contribution < -0.4 is 0 Å². The van der Waals surface area contributed by atoms with Crippen molar-refractivity contribution in [2.24, 2.45) is 5.92 Å². The van der Waals surface area contributed by atoms with E-state index in [9.17, 15) is 4.79 Å². The fourth-order valence-corrected chi connectivity index (χ4v) is 3.75. The van der Waals surface area contributed by atoms with Gasteiger partial charge in [-0.3, -0.25) is 4.79 Å². The molecule has 0 aliphatic heterocycles. The van der Waals surface area contributed by atoms with Crippen molar-refractivity contribution in [1.29, 1.82) is 0 Å². The molecule has 27 heavy (non-hydrogen) atoms. The van der Waals surface area contributed by atoms with Gasteiger partial charge in [-0.15, -0.1) is 0 Å². The van der Waals surface area contributed by atoms with Gasteiger partial charge in [0.15, 0.2) is 0 Å². The number of hydrogen-bond donors (Lipinski definition) is 0. The molecular weight excluding hydrogens is 352 g/mol. The number of carbonyl (C=O) groups is 1. The third kappa shape index (κ3) is 13.9. The summed E-state index contributed by atoms with van der Waals surface area (Å²) in [6.07, 6.45) is 20.7. The molecule has 0 N–H and O–H groups in total. The minimum Gasteiger partial charge on any atom is -0.276 e. The third-order valence-corrected chi connectivity index (χ3v) is 5.65. The summed E-state index contributed by atoms with van der Waals surface area (Å²) in [4.78, 5) is 11.0. The van der Waals surface area contributed by atoms with Crippen molar-refractivity contribution in [3.8, 4) is 0 Å². The lowest BCUT2D eigenvalue weighted by molar-refractivity contribution is 0.108. The van der Waals surface area contributed by atoms with Crippen molar-refractivity contribution < 1.29 is 4.79 Å². The van der Waals surface area contributed by atoms with Gasteiger partial charge in [-0.25, -0.2) is 0 Å². The number of halogens is 1. The summed E-state index contributed by atoms with van der Waals surface area (Å²) in [5.41, 5.74) is 1.90. The molecule has 0 heterocycles. The van der Waals surface area contributed by atoms with Crippen LogP contribution in [0.1, 0.15) is 120 Å². The maximum Gasteiger partial charge on any atom is 0.252 e. The molecule has 154 valence electrons. The number of hydrogen-bond acceptors (Lipinski definition) is 1. The van der Waals surface area contributed by atoms with Gasteiger partial charge in [0.05, 0.1) is 0 Å². The van der Waals surface area contributed by atoms with E-state index in [-0.39, 0.29) is 5.24 Å². The molecule has 0 aromatic heterocycles. The van der Waals surface area contributed by atoms with Crippen LogP contribution in [0.5, 0.6) is 0 Å². The minimum absolute atomic E-state index is 0.372. The second-order valence-corrected chi connectivity index (χ2v) is 8.84. The van der Waals surface area contributed by atoms with Gasteiger partial charge in [0, 0.05) is 5.56 Å². The van der Waals surface area contributed by atoms with Crippen LogP contribution in [-0.4, -0.2) is 5.24 Å². The van der Waals surface area contributed by atoms with Crippen LogP contribution in [0.4, 0.5) is 0 Å². The topological polar surface area (TPSA) is 17.1 Å². The lowest BCUT2D eigenvalue weighted by Gasteiger charge is -2.05. The van der Waals surface area contributed by atoms with Crippen LogP contribution in [0.2, 0.25) is 0 Å². The highest BCUT2D eigenvalue weighted by Crippen LogP contribution is 2.15. The fraction of sp³-hybridized carbons (Fsp3) is 0.720. The minimum atomic E-state index is -0.372. The number of carbonyl (C=O) groups excluding carboxylic acids is 1. The van der Waals surface area contributed by atoms with E-state index < -0.39 is 0 Å². The predicted molar refractivity (Wildman–Crippen MR) is 120 cm³/mol. The van der Waals surface area contributed by atoms with E-state index in [1.54, 1.807) is 0 Å². The molecule has 0 atom stereocenters. The van der Waals surface area contributed by atoms with Crippen LogP contribution in [-0.2, 0) is 6.42 Å². The van der Waals surface area contributed by atoms with E-state index in [1.807, 2.05) is 24.3 Å². The van der Waals surface area contributed by atoms with E-state index in [2.05, 4.69) is 13.8 Å². The molecule has 1 nitrogen and oxygen atoms in total. The van der Waals surface area contributed by atoms with E-state index in [0.29, 0.717) is 5.56 Å². The Labute approximate surface area is 173 Å². The Morgan fingerprint density at radius 3 is 1.52 bits per heavy atom. The highest BCUT2D eigenvalue weighted by atomic mass is 35.5. The van der Waals surface area contributed by atoms with Crippen LogP contribution in [0.25, 0.3) is 0 Å². The first-order valence-electron chi connectivity index (χ1n) is 11.4. The SMILES string of the molecule is CC(C)CCCCCCCCCCCCCCCc1ccc(C(=O)Cl)cc1. The molecule has 0 saturated carbocycles. The summed E-state index contributed by atoms with van der Waals surface area (Å²) >= 11 is 5.47. The summed E-state index contributed by atoms with van der Waals surface area (Å²) in [5.74, 6) is 0.875. The largest absolute Gasteiger partial charge is 0.276 e. The monoisotopic (exact) mass is 392 g/mol. The van der Waals surface area contributed by atoms with Crippen LogP contribution in [0.3, 0.4) is 0 Å². The number of unbranched alkanes of at least 4 members (excludes halogenated alkanes) is 12. The van der Waals surface area contributed by atoms with Crippen LogP contribution in [0.15, 0.2) is 24.3 Å². The van der Waals surface area contributed by atoms with Crippen molar-refractivity contribution in [3.05, 3.63) is 35.4 Å². The molecule has 0 aliphatic rings. The Morgan fingerprint density at radius 1 is 0.704 bits per heavy atom. The second-order valence-electron chi connectivity index (χ2n) is 8.50. The van der Waals surface area contributed by atoms with E-state index in [4.69, 9.17) is 11.6 Å². The number of benzene rings is 1. The van der Waals surface area contributed by atoms with Crippen molar-refractivity contribution in [2.75, 3.05) is 0 Å². The van der Waals surface area contributed by atoms with Crippen molar-refractivity contribution in [1.82, 2.24) is 0 Å². The molecule has 0 radical (unpaired) electrons. The zero-order valence-electron chi connectivity index (χ0n) is 17.8. The fourth-order valence-electron chi connectivity index (χ4n) is 3.63. The van der Waals surface area contributed by atoms with Gasteiger partial charge in [0.25, 0.3) is 5.24 Å². The quantitative estimate of drug-likeness (QED) is 0.191. The smallest absolute Gasteiger partial charge is 0.252 e. The van der Waals surface area contributed by atoms with Crippen molar-refractivity contribution >= 4 is 16.8 Å². The molecule has 0 unspecified atom stereocenters. The van der Waals surface area contributed by atoms with Gasteiger partial charge in [0.1, 0.15) is 0 Å². The molecule has 0 fully saturated rings. The average molecular weight is 393 g/mol. The lowest BCUT2D eigenvalue weighted by atomic mass is 10.0. The molecule has 1 aromatic rings. The summed E-state index contributed by atoms with van der Waals surface area (Å²) in [7, 11) is 0. The van der Waals surface area contributed by atoms with Gasteiger partial charge in [-0.2, -0.15) is 0 Å². The van der Waals surface area contributed by atoms with Gasteiger partial charge in [0.2, 0.25) is 0 Å². The standard InChI is InChI=1S/C25H41ClO/c1-22(2)16-14-12-10-8-6-4-3-5-7-9-11-13-15-17-23-18-20-24(21-19-23)25(26)27/h18-22H,3-17H2,1-2H3.